The summed E-state index contributed by atoms with van der Waals surface area (Å²) >= 11 is 0. The second-order valence-electron chi connectivity index (χ2n) is 1.96. The highest BCUT2D eigenvalue weighted by molar-refractivity contribution is 5.78. The molecule has 0 saturated heterocycles. The molecule has 0 bridgehead atoms. The number of alkyl halides is 3. The van der Waals surface area contributed by atoms with E-state index < -0.39 is 18.1 Å². The van der Waals surface area contributed by atoms with E-state index in [0.717, 1.165) is 0 Å². The van der Waals surface area contributed by atoms with Crippen LogP contribution in [0.25, 0.3) is 0 Å². The molecule has 66 valence electrons. The van der Waals surface area contributed by atoms with Crippen LogP contribution in [0.1, 0.15) is 13.8 Å². The summed E-state index contributed by atoms with van der Waals surface area (Å²) in [6.45, 7) is 1.80. The van der Waals surface area contributed by atoms with E-state index in [9.17, 15) is 18.0 Å². The van der Waals surface area contributed by atoms with E-state index in [-0.39, 0.29) is 6.61 Å². The molecule has 0 aliphatic carbocycles. The molecule has 0 spiro atoms. The van der Waals surface area contributed by atoms with Crippen LogP contribution in [-0.4, -0.2) is 24.7 Å². The molecule has 11 heavy (non-hydrogen) atoms. The number of esters is 1. The fourth-order valence-corrected chi connectivity index (χ4v) is 0.390. The van der Waals surface area contributed by atoms with Crippen molar-refractivity contribution in [2.75, 3.05) is 6.61 Å². The molecule has 0 aromatic heterocycles. The molecule has 0 heterocycles. The molecule has 0 fully saturated rings. The van der Waals surface area contributed by atoms with Gasteiger partial charge in [0.15, 0.2) is 6.17 Å². The molecule has 0 aliphatic rings. The Hall–Kier alpha value is -0.740. The third-order valence-corrected chi connectivity index (χ3v) is 1.05. The second-order valence-corrected chi connectivity index (χ2v) is 1.96. The van der Waals surface area contributed by atoms with Crippen molar-refractivity contribution in [3.05, 3.63) is 0 Å². The highest BCUT2D eigenvalue weighted by Crippen LogP contribution is 2.22. The molecule has 1 atom stereocenters. The molecular weight excluding hydrogens is 161 g/mol. The zero-order valence-corrected chi connectivity index (χ0v) is 6.23. The molecule has 0 aromatic carbocycles. The molecule has 0 aromatic rings. The highest BCUT2D eigenvalue weighted by Gasteiger charge is 2.46. The molecule has 0 amide bonds. The van der Waals surface area contributed by atoms with E-state index >= 15 is 0 Å². The summed E-state index contributed by atoms with van der Waals surface area (Å²) in [6.07, 6.45) is -2.51. The molecule has 0 aliphatic heterocycles. The van der Waals surface area contributed by atoms with Crippen molar-refractivity contribution < 1.29 is 22.7 Å². The SMILES string of the molecule is CCOC(=O)C(F)(F)C(C)F. The van der Waals surface area contributed by atoms with Crippen molar-refractivity contribution in [3.8, 4) is 0 Å². The van der Waals surface area contributed by atoms with Crippen LogP contribution in [0.15, 0.2) is 0 Å². The van der Waals surface area contributed by atoms with Crippen LogP contribution < -0.4 is 0 Å². The average Bonchev–Trinajstić information content (AvgIpc) is 1.88. The third kappa shape index (κ3) is 2.40. The van der Waals surface area contributed by atoms with Crippen LogP contribution in [-0.2, 0) is 9.53 Å². The lowest BCUT2D eigenvalue weighted by Crippen LogP contribution is -2.38. The monoisotopic (exact) mass is 170 g/mol. The largest absolute Gasteiger partial charge is 0.461 e. The maximum atomic E-state index is 12.3. The van der Waals surface area contributed by atoms with Crippen molar-refractivity contribution in [3.63, 3.8) is 0 Å². The Morgan fingerprint density at radius 3 is 2.36 bits per heavy atom. The maximum absolute atomic E-state index is 12.3. The van der Waals surface area contributed by atoms with E-state index in [0.29, 0.717) is 6.92 Å². The molecular formula is C6H9F3O2. The number of carbonyl (C=O) groups excluding carboxylic acids is 1. The summed E-state index contributed by atoms with van der Waals surface area (Å²) in [5, 5.41) is 0. The Balaban J connectivity index is 4.18. The van der Waals surface area contributed by atoms with Gasteiger partial charge in [0.05, 0.1) is 6.61 Å². The zero-order chi connectivity index (χ0) is 9.07. The first-order chi connectivity index (χ1) is 4.92. The lowest BCUT2D eigenvalue weighted by atomic mass is 10.2. The molecule has 1 unspecified atom stereocenters. The predicted octanol–water partition coefficient (Wildman–Crippen LogP) is 1.54. The molecule has 5 heteroatoms. The molecule has 0 saturated carbocycles. The lowest BCUT2D eigenvalue weighted by Gasteiger charge is -2.14. The quantitative estimate of drug-likeness (QED) is 0.600. The topological polar surface area (TPSA) is 26.3 Å². The first-order valence-corrected chi connectivity index (χ1v) is 3.12. The van der Waals surface area contributed by atoms with E-state index in [4.69, 9.17) is 0 Å². The van der Waals surface area contributed by atoms with Crippen molar-refractivity contribution in [2.45, 2.75) is 25.9 Å². The fraction of sp³-hybridized carbons (Fsp3) is 0.833. The highest BCUT2D eigenvalue weighted by atomic mass is 19.3. The van der Waals surface area contributed by atoms with Crippen molar-refractivity contribution >= 4 is 5.97 Å². The van der Waals surface area contributed by atoms with Gasteiger partial charge in [-0.1, -0.05) is 0 Å². The number of hydrogen-bond acceptors (Lipinski definition) is 2. The number of halogens is 3. The van der Waals surface area contributed by atoms with Crippen LogP contribution in [0.5, 0.6) is 0 Å². The van der Waals surface area contributed by atoms with Gasteiger partial charge < -0.3 is 4.74 Å². The fourth-order valence-electron chi connectivity index (χ4n) is 0.390. The minimum Gasteiger partial charge on any atom is -0.461 e. The van der Waals surface area contributed by atoms with Gasteiger partial charge in [-0.15, -0.1) is 0 Å². The lowest BCUT2D eigenvalue weighted by molar-refractivity contribution is -0.180. The van der Waals surface area contributed by atoms with E-state index in [1.54, 1.807) is 0 Å². The van der Waals surface area contributed by atoms with E-state index in [1.165, 1.54) is 6.92 Å². The molecule has 0 radical (unpaired) electrons. The predicted molar refractivity (Wildman–Crippen MR) is 32.1 cm³/mol. The minimum atomic E-state index is -4.02. The van der Waals surface area contributed by atoms with Gasteiger partial charge in [-0.2, -0.15) is 8.78 Å². The van der Waals surface area contributed by atoms with Gasteiger partial charge in [0.25, 0.3) is 0 Å². The Morgan fingerprint density at radius 2 is 2.09 bits per heavy atom. The van der Waals surface area contributed by atoms with Crippen molar-refractivity contribution in [1.29, 1.82) is 0 Å². The minimum absolute atomic E-state index is 0.179. The maximum Gasteiger partial charge on any atom is 0.380 e. The van der Waals surface area contributed by atoms with Crippen LogP contribution in [0.4, 0.5) is 13.2 Å². The smallest absolute Gasteiger partial charge is 0.380 e. The first-order valence-electron chi connectivity index (χ1n) is 3.12. The number of carbonyl (C=O) groups is 1. The van der Waals surface area contributed by atoms with Crippen LogP contribution in [0.2, 0.25) is 0 Å². The number of ether oxygens (including phenoxy) is 1. The van der Waals surface area contributed by atoms with Gasteiger partial charge in [-0.05, 0) is 13.8 Å². The Bertz CT molecular complexity index is 145. The molecule has 2 nitrogen and oxygen atoms in total. The summed E-state index contributed by atoms with van der Waals surface area (Å²) < 4.78 is 40.5. The third-order valence-electron chi connectivity index (χ3n) is 1.05. The van der Waals surface area contributed by atoms with Gasteiger partial charge in [0, 0.05) is 0 Å². The van der Waals surface area contributed by atoms with Gasteiger partial charge in [0.1, 0.15) is 0 Å². The summed E-state index contributed by atoms with van der Waals surface area (Å²) in [6, 6.07) is 0. The van der Waals surface area contributed by atoms with Gasteiger partial charge in [-0.25, -0.2) is 9.18 Å². The molecule has 0 rings (SSSR count). The Kier molecular flexibility index (Phi) is 3.35. The van der Waals surface area contributed by atoms with Gasteiger partial charge in [0.2, 0.25) is 0 Å². The first kappa shape index (κ1) is 10.3. The Labute approximate surface area is 62.3 Å². The van der Waals surface area contributed by atoms with Gasteiger partial charge >= 0.3 is 11.9 Å². The summed E-state index contributed by atoms with van der Waals surface area (Å²) in [5.41, 5.74) is 0. The van der Waals surface area contributed by atoms with Crippen molar-refractivity contribution in [2.24, 2.45) is 0 Å². The second kappa shape index (κ2) is 3.59. The molecule has 0 N–H and O–H groups in total. The Morgan fingerprint density at radius 1 is 1.64 bits per heavy atom. The normalized spacial score (nSPS) is 14.3. The van der Waals surface area contributed by atoms with E-state index in [1.807, 2.05) is 0 Å². The van der Waals surface area contributed by atoms with E-state index in [2.05, 4.69) is 4.74 Å². The van der Waals surface area contributed by atoms with Crippen LogP contribution in [0, 0.1) is 0 Å². The van der Waals surface area contributed by atoms with Crippen molar-refractivity contribution in [1.82, 2.24) is 0 Å². The number of hydrogen-bond donors (Lipinski definition) is 0. The summed E-state index contributed by atoms with van der Waals surface area (Å²) in [4.78, 5) is 10.3. The van der Waals surface area contributed by atoms with Crippen LogP contribution >= 0.6 is 0 Å². The number of rotatable bonds is 3. The van der Waals surface area contributed by atoms with Crippen LogP contribution in [0.3, 0.4) is 0 Å². The standard InChI is InChI=1S/C6H9F3O2/c1-3-11-5(10)6(8,9)4(2)7/h4H,3H2,1-2H3. The summed E-state index contributed by atoms with van der Waals surface area (Å²) in [5.74, 6) is -5.83. The van der Waals surface area contributed by atoms with Gasteiger partial charge in [-0.3, -0.25) is 0 Å². The zero-order valence-electron chi connectivity index (χ0n) is 6.23. The summed E-state index contributed by atoms with van der Waals surface area (Å²) in [7, 11) is 0. The average molecular weight is 170 g/mol.